The van der Waals surface area contributed by atoms with E-state index in [1.807, 2.05) is 13.8 Å². The number of carbonyl (C=O) groups is 1. The highest BCUT2D eigenvalue weighted by molar-refractivity contribution is 7.89. The first kappa shape index (κ1) is 19.3. The number of amides is 1. The Kier molecular flexibility index (Phi) is 5.42. The first-order chi connectivity index (χ1) is 12.2. The van der Waals surface area contributed by atoms with Crippen molar-refractivity contribution in [2.45, 2.75) is 49.8 Å². The monoisotopic (exact) mass is 379 g/mol. The highest BCUT2D eigenvalue weighted by Crippen LogP contribution is 2.41. The predicted octanol–water partition coefficient (Wildman–Crippen LogP) is 2.09. The van der Waals surface area contributed by atoms with Crippen LogP contribution in [0.25, 0.3) is 0 Å². The molecule has 0 radical (unpaired) electrons. The highest BCUT2D eigenvalue weighted by Gasteiger charge is 2.42. The zero-order chi connectivity index (χ0) is 18.9. The van der Waals surface area contributed by atoms with Crippen molar-refractivity contribution in [3.63, 3.8) is 0 Å². The Labute approximate surface area is 156 Å². The van der Waals surface area contributed by atoms with Crippen molar-refractivity contribution >= 4 is 21.6 Å². The summed E-state index contributed by atoms with van der Waals surface area (Å²) < 4.78 is 28.1. The summed E-state index contributed by atoms with van der Waals surface area (Å²) in [5, 5.41) is 0. The van der Waals surface area contributed by atoms with Gasteiger partial charge in [-0.15, -0.1) is 0 Å². The van der Waals surface area contributed by atoms with Gasteiger partial charge in [0.1, 0.15) is 0 Å². The van der Waals surface area contributed by atoms with E-state index < -0.39 is 15.4 Å². The third-order valence-electron chi connectivity index (χ3n) is 5.57. The summed E-state index contributed by atoms with van der Waals surface area (Å²) in [4.78, 5) is 16.5. The van der Waals surface area contributed by atoms with Gasteiger partial charge in [0.15, 0.2) is 0 Å². The molecule has 26 heavy (non-hydrogen) atoms. The second-order valence-electron chi connectivity index (χ2n) is 7.82. The maximum Gasteiger partial charge on any atom is 0.240 e. The second kappa shape index (κ2) is 7.29. The number of carbonyl (C=O) groups excluding carboxylic acids is 1. The molecule has 2 aliphatic rings. The van der Waals surface area contributed by atoms with E-state index in [0.29, 0.717) is 6.54 Å². The Morgan fingerprint density at radius 2 is 1.77 bits per heavy atom. The standard InChI is InChI=1S/C19H29N3O3S/c1-19(2)16-14-15(8-9-17(16)21(3)18(19)23)26(24,25)20-10-13-22-11-6-4-5-7-12-22/h8-9,14,20H,4-7,10-13H2,1-3H3. The fourth-order valence-corrected chi connectivity index (χ4v) is 4.95. The molecule has 0 atom stereocenters. The Morgan fingerprint density at radius 3 is 2.42 bits per heavy atom. The molecule has 6 nitrogen and oxygen atoms in total. The van der Waals surface area contributed by atoms with Crippen molar-refractivity contribution in [3.05, 3.63) is 23.8 Å². The second-order valence-corrected chi connectivity index (χ2v) is 9.59. The highest BCUT2D eigenvalue weighted by atomic mass is 32.2. The zero-order valence-corrected chi connectivity index (χ0v) is 16.7. The molecule has 2 heterocycles. The van der Waals surface area contributed by atoms with Crippen molar-refractivity contribution in [1.82, 2.24) is 9.62 Å². The van der Waals surface area contributed by atoms with Crippen LogP contribution in [-0.2, 0) is 20.2 Å². The molecule has 3 rings (SSSR count). The normalized spacial score (nSPS) is 20.9. The summed E-state index contributed by atoms with van der Waals surface area (Å²) in [6, 6.07) is 4.95. The van der Waals surface area contributed by atoms with Gasteiger partial charge in [-0.25, -0.2) is 13.1 Å². The number of nitrogens with one attached hydrogen (secondary N) is 1. The number of likely N-dealkylation sites (N-methyl/N-ethyl adjacent to an activating group) is 1. The Hall–Kier alpha value is -1.44. The summed E-state index contributed by atoms with van der Waals surface area (Å²) in [7, 11) is -1.86. The summed E-state index contributed by atoms with van der Waals surface area (Å²) in [5.41, 5.74) is 0.839. The molecule has 1 fully saturated rings. The average Bonchev–Trinajstić information content (AvgIpc) is 2.81. The molecule has 0 aromatic heterocycles. The first-order valence-corrected chi connectivity index (χ1v) is 10.9. The molecule has 1 aromatic rings. The lowest BCUT2D eigenvalue weighted by atomic mass is 9.86. The van der Waals surface area contributed by atoms with Gasteiger partial charge < -0.3 is 9.80 Å². The van der Waals surface area contributed by atoms with Crippen LogP contribution in [0.5, 0.6) is 0 Å². The van der Waals surface area contributed by atoms with E-state index in [1.165, 1.54) is 25.7 Å². The van der Waals surface area contributed by atoms with Gasteiger partial charge in [-0.1, -0.05) is 12.8 Å². The summed E-state index contributed by atoms with van der Waals surface area (Å²) in [5.74, 6) is -0.0174. The molecule has 0 unspecified atom stereocenters. The van der Waals surface area contributed by atoms with Crippen molar-refractivity contribution < 1.29 is 13.2 Å². The lowest BCUT2D eigenvalue weighted by molar-refractivity contribution is -0.121. The number of rotatable bonds is 5. The number of fused-ring (bicyclic) bond motifs is 1. The molecule has 0 spiro atoms. The molecule has 1 N–H and O–H groups in total. The number of hydrogen-bond donors (Lipinski definition) is 1. The third kappa shape index (κ3) is 3.66. The Balaban J connectivity index is 1.70. The van der Waals surface area contributed by atoms with E-state index in [4.69, 9.17) is 0 Å². The number of sulfonamides is 1. The van der Waals surface area contributed by atoms with Crippen molar-refractivity contribution in [1.29, 1.82) is 0 Å². The van der Waals surface area contributed by atoms with Crippen LogP contribution < -0.4 is 9.62 Å². The summed E-state index contributed by atoms with van der Waals surface area (Å²) >= 11 is 0. The SMILES string of the molecule is CN1C(=O)C(C)(C)c2cc(S(=O)(=O)NCCN3CCCCCC3)ccc21. The first-order valence-electron chi connectivity index (χ1n) is 9.38. The number of anilines is 1. The van der Waals surface area contributed by atoms with Gasteiger partial charge in [0.25, 0.3) is 0 Å². The molecule has 0 saturated carbocycles. The van der Waals surface area contributed by atoms with Crippen LogP contribution in [0.1, 0.15) is 45.1 Å². The molecule has 1 saturated heterocycles. The molecular weight excluding hydrogens is 350 g/mol. The van der Waals surface area contributed by atoms with E-state index in [0.717, 1.165) is 30.9 Å². The number of hydrogen-bond acceptors (Lipinski definition) is 4. The van der Waals surface area contributed by atoms with Gasteiger partial charge >= 0.3 is 0 Å². The molecule has 1 amide bonds. The Bertz CT molecular complexity index is 781. The van der Waals surface area contributed by atoms with Crippen LogP contribution >= 0.6 is 0 Å². The van der Waals surface area contributed by atoms with Crippen molar-refractivity contribution in [3.8, 4) is 0 Å². The minimum atomic E-state index is -3.58. The molecule has 0 aliphatic carbocycles. The average molecular weight is 380 g/mol. The van der Waals surface area contributed by atoms with Crippen LogP contribution in [0.15, 0.2) is 23.1 Å². The summed E-state index contributed by atoms with van der Waals surface area (Å²) in [6.07, 6.45) is 4.91. The third-order valence-corrected chi connectivity index (χ3v) is 7.03. The maximum atomic E-state index is 12.7. The van der Waals surface area contributed by atoms with Gasteiger partial charge in [0, 0.05) is 25.8 Å². The topological polar surface area (TPSA) is 69.7 Å². The lowest BCUT2D eigenvalue weighted by Crippen LogP contribution is -2.35. The van der Waals surface area contributed by atoms with Crippen LogP contribution in [-0.4, -0.2) is 52.5 Å². The van der Waals surface area contributed by atoms with Gasteiger partial charge in [-0.2, -0.15) is 0 Å². The van der Waals surface area contributed by atoms with Gasteiger partial charge in [0.2, 0.25) is 15.9 Å². The Morgan fingerprint density at radius 1 is 1.12 bits per heavy atom. The molecule has 2 aliphatic heterocycles. The lowest BCUT2D eigenvalue weighted by Gasteiger charge is -2.20. The van der Waals surface area contributed by atoms with Crippen LogP contribution in [0.4, 0.5) is 5.69 Å². The number of nitrogens with zero attached hydrogens (tertiary/aromatic N) is 2. The van der Waals surface area contributed by atoms with Crippen molar-refractivity contribution in [2.24, 2.45) is 0 Å². The minimum absolute atomic E-state index is 0.0174. The number of benzene rings is 1. The van der Waals surface area contributed by atoms with E-state index in [-0.39, 0.29) is 10.8 Å². The maximum absolute atomic E-state index is 12.7. The molecular formula is C19H29N3O3S. The van der Waals surface area contributed by atoms with Gasteiger partial charge in [-0.05, 0) is 63.5 Å². The van der Waals surface area contributed by atoms with Crippen LogP contribution in [0.3, 0.4) is 0 Å². The predicted molar refractivity (Wildman–Crippen MR) is 103 cm³/mol. The van der Waals surface area contributed by atoms with Crippen LogP contribution in [0.2, 0.25) is 0 Å². The van der Waals surface area contributed by atoms with Gasteiger partial charge in [-0.3, -0.25) is 4.79 Å². The van der Waals surface area contributed by atoms with E-state index >= 15 is 0 Å². The van der Waals surface area contributed by atoms with Crippen LogP contribution in [0, 0.1) is 0 Å². The summed E-state index contributed by atoms with van der Waals surface area (Å²) in [6.45, 7) is 6.90. The molecule has 0 bridgehead atoms. The van der Waals surface area contributed by atoms with Crippen molar-refractivity contribution in [2.75, 3.05) is 38.1 Å². The number of likely N-dealkylation sites (tertiary alicyclic amines) is 1. The molecule has 1 aromatic carbocycles. The van der Waals surface area contributed by atoms with E-state index in [1.54, 1.807) is 30.1 Å². The minimum Gasteiger partial charge on any atom is -0.314 e. The fourth-order valence-electron chi connectivity index (χ4n) is 3.90. The zero-order valence-electron chi connectivity index (χ0n) is 15.9. The largest absolute Gasteiger partial charge is 0.314 e. The smallest absolute Gasteiger partial charge is 0.240 e. The molecule has 7 heteroatoms. The fraction of sp³-hybridized carbons (Fsp3) is 0.632. The van der Waals surface area contributed by atoms with E-state index in [2.05, 4.69) is 9.62 Å². The van der Waals surface area contributed by atoms with E-state index in [9.17, 15) is 13.2 Å². The molecule has 144 valence electrons. The quantitative estimate of drug-likeness (QED) is 0.851. The van der Waals surface area contributed by atoms with Gasteiger partial charge in [0.05, 0.1) is 10.3 Å².